The molecule has 1 aromatic carbocycles. The van der Waals surface area contributed by atoms with Crippen molar-refractivity contribution in [1.82, 2.24) is 4.31 Å². The van der Waals surface area contributed by atoms with Crippen LogP contribution in [-0.2, 0) is 14.8 Å². The Morgan fingerprint density at radius 1 is 1.45 bits per heavy atom. The number of nitrogens with zero attached hydrogens (tertiary/aromatic N) is 1. The Hall–Kier alpha value is -1.80. The molecule has 0 spiro atoms. The molecule has 0 fully saturated rings. The molecule has 0 saturated heterocycles. The SMILES string of the molecule is C=CCN(CC(=O)Nc1ccc(F)cc1F)S(C)(=O)=O. The second-order valence-corrected chi connectivity index (χ2v) is 6.00. The minimum Gasteiger partial charge on any atom is -0.322 e. The fraction of sp³-hybridized carbons (Fsp3) is 0.250. The van der Waals surface area contributed by atoms with E-state index >= 15 is 0 Å². The predicted molar refractivity (Wildman–Crippen MR) is 71.6 cm³/mol. The maximum Gasteiger partial charge on any atom is 0.239 e. The number of hydrogen-bond donors (Lipinski definition) is 1. The van der Waals surface area contributed by atoms with Crippen LogP contribution < -0.4 is 5.32 Å². The molecule has 0 radical (unpaired) electrons. The molecule has 0 heterocycles. The summed E-state index contributed by atoms with van der Waals surface area (Å²) >= 11 is 0. The molecule has 1 rings (SSSR count). The third kappa shape index (κ3) is 4.71. The van der Waals surface area contributed by atoms with Gasteiger partial charge in [0.05, 0.1) is 18.5 Å². The van der Waals surface area contributed by atoms with Crippen molar-refractivity contribution < 1.29 is 22.0 Å². The third-order valence-corrected chi connectivity index (χ3v) is 3.54. The lowest BCUT2D eigenvalue weighted by molar-refractivity contribution is -0.116. The first kappa shape index (κ1) is 16.3. The molecule has 0 bridgehead atoms. The van der Waals surface area contributed by atoms with Gasteiger partial charge in [0.2, 0.25) is 15.9 Å². The van der Waals surface area contributed by atoms with E-state index in [0.717, 1.165) is 22.7 Å². The maximum atomic E-state index is 13.3. The van der Waals surface area contributed by atoms with Crippen LogP contribution in [0.2, 0.25) is 0 Å². The lowest BCUT2D eigenvalue weighted by atomic mass is 10.3. The molecule has 1 N–H and O–H groups in total. The molecular weight excluding hydrogens is 290 g/mol. The zero-order valence-electron chi connectivity index (χ0n) is 10.8. The third-order valence-electron chi connectivity index (χ3n) is 2.33. The first-order chi connectivity index (χ1) is 9.24. The molecule has 8 heteroatoms. The summed E-state index contributed by atoms with van der Waals surface area (Å²) in [7, 11) is -3.58. The summed E-state index contributed by atoms with van der Waals surface area (Å²) < 4.78 is 49.7. The Morgan fingerprint density at radius 3 is 2.60 bits per heavy atom. The number of benzene rings is 1. The van der Waals surface area contributed by atoms with Gasteiger partial charge in [-0.15, -0.1) is 6.58 Å². The summed E-state index contributed by atoms with van der Waals surface area (Å²) in [5.41, 5.74) is -0.219. The monoisotopic (exact) mass is 304 g/mol. The summed E-state index contributed by atoms with van der Waals surface area (Å²) in [5.74, 6) is -2.44. The number of carbonyl (C=O) groups is 1. The highest BCUT2D eigenvalue weighted by atomic mass is 32.2. The number of sulfonamides is 1. The van der Waals surface area contributed by atoms with Gasteiger partial charge in [-0.2, -0.15) is 4.31 Å². The van der Waals surface area contributed by atoms with Gasteiger partial charge >= 0.3 is 0 Å². The van der Waals surface area contributed by atoms with E-state index in [0.29, 0.717) is 6.07 Å². The standard InChI is InChI=1S/C12H14F2N2O3S/c1-3-6-16(20(2,18)19)8-12(17)15-11-5-4-9(13)7-10(11)14/h3-5,7H,1,6,8H2,2H3,(H,15,17). The Morgan fingerprint density at radius 2 is 2.10 bits per heavy atom. The van der Waals surface area contributed by atoms with Gasteiger partial charge in [-0.1, -0.05) is 6.08 Å². The number of carbonyl (C=O) groups excluding carboxylic acids is 1. The Kier molecular flexibility index (Phi) is 5.34. The van der Waals surface area contributed by atoms with Crippen LogP contribution in [0.5, 0.6) is 0 Å². The molecule has 0 atom stereocenters. The number of amides is 1. The highest BCUT2D eigenvalue weighted by Crippen LogP contribution is 2.14. The summed E-state index contributed by atoms with van der Waals surface area (Å²) in [6.45, 7) is 2.86. The van der Waals surface area contributed by atoms with Crippen molar-refractivity contribution in [3.8, 4) is 0 Å². The topological polar surface area (TPSA) is 66.5 Å². The van der Waals surface area contributed by atoms with Crippen LogP contribution in [-0.4, -0.2) is 38.0 Å². The zero-order chi connectivity index (χ0) is 15.3. The van der Waals surface area contributed by atoms with Crippen molar-refractivity contribution in [3.63, 3.8) is 0 Å². The van der Waals surface area contributed by atoms with E-state index < -0.39 is 34.1 Å². The first-order valence-electron chi connectivity index (χ1n) is 5.55. The second kappa shape index (κ2) is 6.58. The van der Waals surface area contributed by atoms with Crippen LogP contribution in [0, 0.1) is 11.6 Å². The quantitative estimate of drug-likeness (QED) is 0.807. The number of hydrogen-bond acceptors (Lipinski definition) is 3. The molecular formula is C12H14F2N2O3S. The summed E-state index contributed by atoms with van der Waals surface area (Å²) in [4.78, 5) is 11.7. The summed E-state index contributed by atoms with van der Waals surface area (Å²) in [6.07, 6.45) is 2.27. The Balaban J connectivity index is 2.78. The van der Waals surface area contributed by atoms with Gasteiger partial charge in [-0.3, -0.25) is 4.79 Å². The maximum absolute atomic E-state index is 13.3. The highest BCUT2D eigenvalue weighted by molar-refractivity contribution is 7.88. The molecule has 1 aromatic rings. The van der Waals surface area contributed by atoms with Crippen LogP contribution in [0.3, 0.4) is 0 Å². The van der Waals surface area contributed by atoms with E-state index in [4.69, 9.17) is 0 Å². The second-order valence-electron chi connectivity index (χ2n) is 4.02. The van der Waals surface area contributed by atoms with E-state index in [1.54, 1.807) is 0 Å². The molecule has 110 valence electrons. The highest BCUT2D eigenvalue weighted by Gasteiger charge is 2.19. The Labute approximate surface area is 115 Å². The molecule has 20 heavy (non-hydrogen) atoms. The van der Waals surface area contributed by atoms with Crippen LogP contribution >= 0.6 is 0 Å². The van der Waals surface area contributed by atoms with Gasteiger partial charge in [0.1, 0.15) is 11.6 Å². The smallest absolute Gasteiger partial charge is 0.239 e. The Bertz CT molecular complexity index is 617. The fourth-order valence-electron chi connectivity index (χ4n) is 1.40. The van der Waals surface area contributed by atoms with Gasteiger partial charge in [0, 0.05) is 12.6 Å². The average Bonchev–Trinajstić information content (AvgIpc) is 2.31. The minimum absolute atomic E-state index is 0.0435. The van der Waals surface area contributed by atoms with Crippen molar-refractivity contribution >= 4 is 21.6 Å². The zero-order valence-corrected chi connectivity index (χ0v) is 11.6. The molecule has 5 nitrogen and oxygen atoms in total. The van der Waals surface area contributed by atoms with E-state index in [1.165, 1.54) is 6.08 Å². The largest absolute Gasteiger partial charge is 0.322 e. The normalized spacial score (nSPS) is 11.4. The molecule has 0 aromatic heterocycles. The minimum atomic E-state index is -3.58. The lowest BCUT2D eigenvalue weighted by Crippen LogP contribution is -2.37. The molecule has 0 saturated carbocycles. The van der Waals surface area contributed by atoms with Crippen LogP contribution in [0.4, 0.5) is 14.5 Å². The predicted octanol–water partition coefficient (Wildman–Crippen LogP) is 1.35. The average molecular weight is 304 g/mol. The molecule has 0 aliphatic heterocycles. The summed E-state index contributed by atoms with van der Waals surface area (Å²) in [5, 5.41) is 2.18. The fourth-order valence-corrected chi connectivity index (χ4v) is 2.13. The molecule has 0 aliphatic rings. The first-order valence-corrected chi connectivity index (χ1v) is 7.40. The number of nitrogens with one attached hydrogen (secondary N) is 1. The van der Waals surface area contributed by atoms with Crippen LogP contribution in [0.25, 0.3) is 0 Å². The van der Waals surface area contributed by atoms with Crippen LogP contribution in [0.15, 0.2) is 30.9 Å². The lowest BCUT2D eigenvalue weighted by Gasteiger charge is -2.17. The summed E-state index contributed by atoms with van der Waals surface area (Å²) in [6, 6.07) is 2.66. The molecule has 1 amide bonds. The van der Waals surface area contributed by atoms with Gasteiger partial charge in [0.25, 0.3) is 0 Å². The van der Waals surface area contributed by atoms with Crippen molar-refractivity contribution in [2.24, 2.45) is 0 Å². The number of rotatable bonds is 6. The van der Waals surface area contributed by atoms with Crippen molar-refractivity contribution in [2.45, 2.75) is 0 Å². The molecule has 0 unspecified atom stereocenters. The van der Waals surface area contributed by atoms with Crippen molar-refractivity contribution in [3.05, 3.63) is 42.5 Å². The van der Waals surface area contributed by atoms with E-state index in [-0.39, 0.29) is 12.2 Å². The van der Waals surface area contributed by atoms with Gasteiger partial charge in [0.15, 0.2) is 0 Å². The number of anilines is 1. The van der Waals surface area contributed by atoms with Gasteiger partial charge in [-0.25, -0.2) is 17.2 Å². The van der Waals surface area contributed by atoms with Gasteiger partial charge < -0.3 is 5.32 Å². The van der Waals surface area contributed by atoms with Crippen molar-refractivity contribution in [2.75, 3.05) is 24.7 Å². The van der Waals surface area contributed by atoms with E-state index in [9.17, 15) is 22.0 Å². The number of halogens is 2. The van der Waals surface area contributed by atoms with E-state index in [2.05, 4.69) is 11.9 Å². The van der Waals surface area contributed by atoms with Crippen LogP contribution in [0.1, 0.15) is 0 Å². The van der Waals surface area contributed by atoms with E-state index in [1.807, 2.05) is 0 Å². The van der Waals surface area contributed by atoms with Gasteiger partial charge in [-0.05, 0) is 12.1 Å². The van der Waals surface area contributed by atoms with Crippen molar-refractivity contribution in [1.29, 1.82) is 0 Å². The molecule has 0 aliphatic carbocycles.